The summed E-state index contributed by atoms with van der Waals surface area (Å²) in [5, 5.41) is 14.0. The molecule has 1 fully saturated rings. The summed E-state index contributed by atoms with van der Waals surface area (Å²) in [6, 6.07) is 14.8. The lowest BCUT2D eigenvalue weighted by Gasteiger charge is -2.28. The van der Waals surface area contributed by atoms with Crippen molar-refractivity contribution < 1.29 is 14.3 Å². The summed E-state index contributed by atoms with van der Waals surface area (Å²) in [6.45, 7) is 6.08. The summed E-state index contributed by atoms with van der Waals surface area (Å²) in [7, 11) is 0. The number of hydrogen-bond acceptors (Lipinski definition) is 5. The van der Waals surface area contributed by atoms with Crippen molar-refractivity contribution in [2.75, 3.05) is 11.9 Å². The van der Waals surface area contributed by atoms with Gasteiger partial charge in [0.05, 0.1) is 11.1 Å². The number of rotatable bonds is 5. The van der Waals surface area contributed by atoms with Crippen LogP contribution in [0.1, 0.15) is 46.5 Å². The fourth-order valence-corrected chi connectivity index (χ4v) is 4.49. The molecule has 0 aliphatic heterocycles. The van der Waals surface area contributed by atoms with Crippen LogP contribution in [0, 0.1) is 11.8 Å². The average molecular weight is 477 g/mol. The Labute approximate surface area is 204 Å². The van der Waals surface area contributed by atoms with Gasteiger partial charge in [-0.15, -0.1) is 0 Å². The Bertz CT molecular complexity index is 1270. The molecule has 8 heteroatoms. The third-order valence-electron chi connectivity index (χ3n) is 6.25. The minimum Gasteiger partial charge on any atom is -0.444 e. The lowest BCUT2D eigenvalue weighted by Crippen LogP contribution is -2.37. The van der Waals surface area contributed by atoms with Crippen LogP contribution in [0.2, 0.25) is 0 Å². The molecule has 3 N–H and O–H groups in total. The molecule has 0 unspecified atom stereocenters. The van der Waals surface area contributed by atoms with Crippen molar-refractivity contribution in [3.8, 4) is 11.3 Å². The van der Waals surface area contributed by atoms with Crippen molar-refractivity contribution >= 4 is 28.5 Å². The highest BCUT2D eigenvalue weighted by Gasteiger charge is 2.27. The SMILES string of the molecule is CC(C)(C)OC(=O)NC[C@H]1CC[C@H](C(=O)Nc2cccc(-c3n[nH]c(=O)c4ccccc34)c2)CC1. The van der Waals surface area contributed by atoms with E-state index in [1.807, 2.05) is 63.2 Å². The Morgan fingerprint density at radius 2 is 1.74 bits per heavy atom. The fourth-order valence-electron chi connectivity index (χ4n) is 4.49. The first-order chi connectivity index (χ1) is 16.7. The van der Waals surface area contributed by atoms with Gasteiger partial charge in [0.1, 0.15) is 5.60 Å². The topological polar surface area (TPSA) is 113 Å². The van der Waals surface area contributed by atoms with E-state index in [1.165, 1.54) is 0 Å². The molecule has 184 valence electrons. The van der Waals surface area contributed by atoms with Gasteiger partial charge in [-0.05, 0) is 70.6 Å². The number of carbonyl (C=O) groups excluding carboxylic acids is 2. The van der Waals surface area contributed by atoms with E-state index in [4.69, 9.17) is 4.74 Å². The number of benzene rings is 2. The zero-order valence-corrected chi connectivity index (χ0v) is 20.4. The van der Waals surface area contributed by atoms with E-state index in [1.54, 1.807) is 6.07 Å². The van der Waals surface area contributed by atoms with Crippen LogP contribution in [0.4, 0.5) is 10.5 Å². The average Bonchev–Trinajstić information content (AvgIpc) is 2.82. The number of carbonyl (C=O) groups is 2. The van der Waals surface area contributed by atoms with Gasteiger partial charge in [0.2, 0.25) is 5.91 Å². The minimum absolute atomic E-state index is 0.0000117. The number of aromatic nitrogens is 2. The van der Waals surface area contributed by atoms with Gasteiger partial charge in [-0.2, -0.15) is 5.10 Å². The van der Waals surface area contributed by atoms with Gasteiger partial charge in [0.15, 0.2) is 0 Å². The summed E-state index contributed by atoms with van der Waals surface area (Å²) in [6.07, 6.45) is 2.90. The lowest BCUT2D eigenvalue weighted by atomic mass is 9.81. The number of amides is 2. The second-order valence-corrected chi connectivity index (χ2v) is 10.1. The molecule has 1 heterocycles. The quantitative estimate of drug-likeness (QED) is 0.487. The van der Waals surface area contributed by atoms with Gasteiger partial charge in [0.25, 0.3) is 5.56 Å². The van der Waals surface area contributed by atoms with Gasteiger partial charge < -0.3 is 15.4 Å². The van der Waals surface area contributed by atoms with Crippen LogP contribution in [0.25, 0.3) is 22.0 Å². The molecule has 1 aliphatic carbocycles. The monoisotopic (exact) mass is 476 g/mol. The molecule has 3 aromatic rings. The van der Waals surface area contributed by atoms with Crippen molar-refractivity contribution in [3.63, 3.8) is 0 Å². The Morgan fingerprint density at radius 1 is 1.03 bits per heavy atom. The summed E-state index contributed by atoms with van der Waals surface area (Å²) >= 11 is 0. The van der Waals surface area contributed by atoms with Crippen molar-refractivity contribution in [1.29, 1.82) is 0 Å². The minimum atomic E-state index is -0.516. The number of fused-ring (bicyclic) bond motifs is 1. The molecule has 1 aromatic heterocycles. The predicted octanol–water partition coefficient (Wildman–Crippen LogP) is 4.86. The molecule has 0 spiro atoms. The molecule has 2 aromatic carbocycles. The van der Waals surface area contributed by atoms with Gasteiger partial charge in [-0.3, -0.25) is 9.59 Å². The fraction of sp³-hybridized carbons (Fsp3) is 0.407. The van der Waals surface area contributed by atoms with E-state index in [9.17, 15) is 14.4 Å². The molecule has 0 atom stereocenters. The van der Waals surface area contributed by atoms with E-state index >= 15 is 0 Å². The second-order valence-electron chi connectivity index (χ2n) is 10.1. The van der Waals surface area contributed by atoms with E-state index < -0.39 is 11.7 Å². The summed E-state index contributed by atoms with van der Waals surface area (Å²) in [4.78, 5) is 36.9. The Balaban J connectivity index is 1.35. The molecule has 0 saturated heterocycles. The maximum Gasteiger partial charge on any atom is 0.407 e. The van der Waals surface area contributed by atoms with Crippen LogP contribution in [0.3, 0.4) is 0 Å². The number of alkyl carbamates (subject to hydrolysis) is 1. The molecule has 35 heavy (non-hydrogen) atoms. The van der Waals surface area contributed by atoms with Crippen LogP contribution in [-0.4, -0.2) is 34.3 Å². The maximum absolute atomic E-state index is 12.9. The van der Waals surface area contributed by atoms with Crippen LogP contribution in [-0.2, 0) is 9.53 Å². The third kappa shape index (κ3) is 6.26. The van der Waals surface area contributed by atoms with E-state index in [0.29, 0.717) is 29.2 Å². The standard InChI is InChI=1S/C27H32N4O4/c1-27(2,3)35-26(34)28-16-17-11-13-18(14-12-17)24(32)29-20-8-6-7-19(15-20)23-21-9-4-5-10-22(21)25(33)31-30-23/h4-10,15,17-18H,11-14,16H2,1-3H3,(H,28,34)(H,29,32)(H,31,33)/t17-,18-. The van der Waals surface area contributed by atoms with Crippen molar-refractivity contribution in [2.24, 2.45) is 11.8 Å². The normalized spacial score (nSPS) is 18.1. The Kier molecular flexibility index (Phi) is 7.19. The van der Waals surface area contributed by atoms with E-state index in [0.717, 1.165) is 36.6 Å². The number of nitrogens with zero attached hydrogens (tertiary/aromatic N) is 1. The molecular formula is C27H32N4O4. The maximum atomic E-state index is 12.9. The Hall–Kier alpha value is -3.68. The predicted molar refractivity (Wildman–Crippen MR) is 136 cm³/mol. The number of aromatic amines is 1. The van der Waals surface area contributed by atoms with E-state index in [-0.39, 0.29) is 17.4 Å². The smallest absolute Gasteiger partial charge is 0.407 e. The summed E-state index contributed by atoms with van der Waals surface area (Å²) < 4.78 is 5.29. The first kappa shape index (κ1) is 24.4. The Morgan fingerprint density at radius 3 is 2.46 bits per heavy atom. The summed E-state index contributed by atoms with van der Waals surface area (Å²) in [5.41, 5.74) is 1.42. The van der Waals surface area contributed by atoms with Crippen LogP contribution in [0.15, 0.2) is 53.3 Å². The highest BCUT2D eigenvalue weighted by atomic mass is 16.6. The molecule has 8 nitrogen and oxygen atoms in total. The molecule has 0 radical (unpaired) electrons. The van der Waals surface area contributed by atoms with Crippen molar-refractivity contribution in [2.45, 2.75) is 52.1 Å². The third-order valence-corrected chi connectivity index (χ3v) is 6.25. The molecule has 0 bridgehead atoms. The van der Waals surface area contributed by atoms with Gasteiger partial charge in [-0.1, -0.05) is 30.3 Å². The number of H-pyrrole nitrogens is 1. The highest BCUT2D eigenvalue weighted by molar-refractivity contribution is 5.96. The van der Waals surface area contributed by atoms with Crippen molar-refractivity contribution in [1.82, 2.24) is 15.5 Å². The number of anilines is 1. The van der Waals surface area contributed by atoms with E-state index in [2.05, 4.69) is 20.8 Å². The first-order valence-electron chi connectivity index (χ1n) is 12.1. The zero-order chi connectivity index (χ0) is 25.0. The van der Waals surface area contributed by atoms with Gasteiger partial charge in [-0.25, -0.2) is 9.89 Å². The number of nitrogens with one attached hydrogen (secondary N) is 3. The van der Waals surface area contributed by atoms with Gasteiger partial charge >= 0.3 is 6.09 Å². The molecular weight excluding hydrogens is 444 g/mol. The molecule has 4 rings (SSSR count). The number of ether oxygens (including phenoxy) is 1. The number of hydrogen-bond donors (Lipinski definition) is 3. The van der Waals surface area contributed by atoms with Gasteiger partial charge in [0, 0.05) is 29.1 Å². The van der Waals surface area contributed by atoms with Crippen molar-refractivity contribution in [3.05, 3.63) is 58.9 Å². The van der Waals surface area contributed by atoms with Crippen LogP contribution in [0.5, 0.6) is 0 Å². The molecule has 1 saturated carbocycles. The summed E-state index contributed by atoms with van der Waals surface area (Å²) in [5.74, 6) is 0.276. The lowest BCUT2D eigenvalue weighted by molar-refractivity contribution is -0.121. The molecule has 2 amide bonds. The zero-order valence-electron chi connectivity index (χ0n) is 20.4. The highest BCUT2D eigenvalue weighted by Crippen LogP contribution is 2.30. The van der Waals surface area contributed by atoms with Crippen LogP contribution < -0.4 is 16.2 Å². The first-order valence-corrected chi connectivity index (χ1v) is 12.1. The largest absolute Gasteiger partial charge is 0.444 e. The second kappa shape index (κ2) is 10.3. The molecule has 1 aliphatic rings. The van der Waals surface area contributed by atoms with Crippen LogP contribution >= 0.6 is 0 Å².